The highest BCUT2D eigenvalue weighted by molar-refractivity contribution is 7.92. The molecule has 1 heterocycles. The number of rotatable bonds is 4. The molecule has 0 saturated carbocycles. The Morgan fingerprint density at radius 3 is 2.54 bits per heavy atom. The van der Waals surface area contributed by atoms with Crippen molar-refractivity contribution in [3.05, 3.63) is 64.2 Å². The standard InChI is InChI=1S/C19H18ClNO4S/c1-3-25-19(22)15-10-14-11-16(20)6-9-18(14)21(12-15)26(23,24)17-7-4-13(2)5-8-17/h4-11H,3,12H2,1-2H3. The van der Waals surface area contributed by atoms with Gasteiger partial charge in [-0.2, -0.15) is 0 Å². The summed E-state index contributed by atoms with van der Waals surface area (Å²) in [6.45, 7) is 3.70. The molecule has 136 valence electrons. The zero-order valence-corrected chi connectivity index (χ0v) is 16.0. The molecule has 0 aromatic heterocycles. The van der Waals surface area contributed by atoms with Crippen molar-refractivity contribution in [2.75, 3.05) is 17.5 Å². The fourth-order valence-corrected chi connectivity index (χ4v) is 4.39. The Morgan fingerprint density at radius 2 is 1.88 bits per heavy atom. The van der Waals surface area contributed by atoms with Gasteiger partial charge in [0.2, 0.25) is 0 Å². The van der Waals surface area contributed by atoms with E-state index < -0.39 is 16.0 Å². The monoisotopic (exact) mass is 391 g/mol. The summed E-state index contributed by atoms with van der Waals surface area (Å²) in [6.07, 6.45) is 1.63. The fraction of sp³-hybridized carbons (Fsp3) is 0.211. The van der Waals surface area contributed by atoms with Gasteiger partial charge in [0.25, 0.3) is 10.0 Å². The average molecular weight is 392 g/mol. The van der Waals surface area contributed by atoms with E-state index in [1.165, 1.54) is 4.31 Å². The molecule has 1 aliphatic heterocycles. The van der Waals surface area contributed by atoms with Crippen molar-refractivity contribution in [2.24, 2.45) is 0 Å². The van der Waals surface area contributed by atoms with Gasteiger partial charge in [-0.25, -0.2) is 13.2 Å². The molecule has 0 spiro atoms. The van der Waals surface area contributed by atoms with E-state index in [1.807, 2.05) is 6.92 Å². The molecule has 0 radical (unpaired) electrons. The summed E-state index contributed by atoms with van der Waals surface area (Å²) in [5.74, 6) is -0.540. The summed E-state index contributed by atoms with van der Waals surface area (Å²) in [5.41, 5.74) is 2.25. The van der Waals surface area contributed by atoms with E-state index in [1.54, 1.807) is 55.5 Å². The van der Waals surface area contributed by atoms with Gasteiger partial charge in [0, 0.05) is 10.6 Å². The van der Waals surface area contributed by atoms with Crippen LogP contribution in [0.3, 0.4) is 0 Å². The summed E-state index contributed by atoms with van der Waals surface area (Å²) < 4.78 is 32.6. The second-order valence-corrected chi connectivity index (χ2v) is 8.22. The van der Waals surface area contributed by atoms with Gasteiger partial charge < -0.3 is 4.74 Å². The summed E-state index contributed by atoms with van der Waals surface area (Å²) in [4.78, 5) is 12.4. The number of carbonyl (C=O) groups excluding carboxylic acids is 1. The van der Waals surface area contributed by atoms with Gasteiger partial charge in [-0.15, -0.1) is 0 Å². The first-order chi connectivity index (χ1) is 12.3. The molecule has 0 N–H and O–H groups in total. The Kier molecular flexibility index (Phi) is 5.07. The van der Waals surface area contributed by atoms with E-state index in [9.17, 15) is 13.2 Å². The van der Waals surface area contributed by atoms with Crippen LogP contribution in [-0.2, 0) is 19.6 Å². The molecular weight excluding hydrogens is 374 g/mol. The van der Waals surface area contributed by atoms with Crippen LogP contribution in [0.1, 0.15) is 18.1 Å². The first kappa shape index (κ1) is 18.5. The minimum atomic E-state index is -3.84. The maximum Gasteiger partial charge on any atom is 0.335 e. The lowest BCUT2D eigenvalue weighted by atomic mass is 10.0. The summed E-state index contributed by atoms with van der Waals surface area (Å²) in [5, 5.41) is 0.456. The van der Waals surface area contributed by atoms with Gasteiger partial charge in [0.05, 0.1) is 29.3 Å². The van der Waals surface area contributed by atoms with Crippen molar-refractivity contribution in [2.45, 2.75) is 18.7 Å². The molecule has 0 amide bonds. The number of esters is 1. The summed E-state index contributed by atoms with van der Waals surface area (Å²) in [7, 11) is -3.84. The van der Waals surface area contributed by atoms with Gasteiger partial charge in [-0.1, -0.05) is 29.3 Å². The number of nitrogens with zero attached hydrogens (tertiary/aromatic N) is 1. The number of sulfonamides is 1. The summed E-state index contributed by atoms with van der Waals surface area (Å²) >= 11 is 6.05. The van der Waals surface area contributed by atoms with Crippen LogP contribution in [-0.4, -0.2) is 27.5 Å². The largest absolute Gasteiger partial charge is 0.463 e. The lowest BCUT2D eigenvalue weighted by Crippen LogP contribution is -2.37. The smallest absolute Gasteiger partial charge is 0.335 e. The minimum absolute atomic E-state index is 0.0936. The molecule has 7 heteroatoms. The van der Waals surface area contributed by atoms with Crippen LogP contribution >= 0.6 is 11.6 Å². The Balaban J connectivity index is 2.11. The Bertz CT molecular complexity index is 981. The normalized spacial score (nSPS) is 13.8. The summed E-state index contributed by atoms with van der Waals surface area (Å²) in [6, 6.07) is 11.5. The Labute approximate surface area is 157 Å². The molecule has 0 atom stereocenters. The molecule has 0 unspecified atom stereocenters. The number of hydrogen-bond donors (Lipinski definition) is 0. The van der Waals surface area contributed by atoms with Crippen LogP contribution in [0.15, 0.2) is 52.9 Å². The molecule has 0 aliphatic carbocycles. The molecule has 2 aromatic rings. The topological polar surface area (TPSA) is 63.7 Å². The van der Waals surface area contributed by atoms with Gasteiger partial charge in [-0.05, 0) is 50.3 Å². The van der Waals surface area contributed by atoms with Gasteiger partial charge in [0.15, 0.2) is 0 Å². The van der Waals surface area contributed by atoms with E-state index in [0.717, 1.165) is 5.56 Å². The molecule has 0 saturated heterocycles. The molecule has 0 bridgehead atoms. The number of benzene rings is 2. The first-order valence-electron chi connectivity index (χ1n) is 8.09. The van der Waals surface area contributed by atoms with Crippen LogP contribution in [0.4, 0.5) is 5.69 Å². The Hall–Kier alpha value is -2.31. The first-order valence-corrected chi connectivity index (χ1v) is 9.91. The minimum Gasteiger partial charge on any atom is -0.463 e. The number of ether oxygens (including phenoxy) is 1. The van der Waals surface area contributed by atoms with Crippen LogP contribution in [0.2, 0.25) is 5.02 Å². The van der Waals surface area contributed by atoms with Crippen LogP contribution in [0.5, 0.6) is 0 Å². The molecule has 2 aromatic carbocycles. The number of halogens is 1. The maximum atomic E-state index is 13.2. The van der Waals surface area contributed by atoms with Crippen molar-refractivity contribution in [3.63, 3.8) is 0 Å². The molecule has 3 rings (SSSR count). The predicted octanol–water partition coefficient (Wildman–Crippen LogP) is 3.80. The average Bonchev–Trinajstić information content (AvgIpc) is 2.61. The Morgan fingerprint density at radius 1 is 1.19 bits per heavy atom. The molecule has 1 aliphatic rings. The SMILES string of the molecule is CCOC(=O)C1=Cc2cc(Cl)ccc2N(S(=O)(=O)c2ccc(C)cc2)C1. The van der Waals surface area contributed by atoms with Crippen molar-refractivity contribution < 1.29 is 17.9 Å². The zero-order chi connectivity index (χ0) is 18.9. The molecule has 5 nitrogen and oxygen atoms in total. The number of fused-ring (bicyclic) bond motifs is 1. The van der Waals surface area contributed by atoms with E-state index in [0.29, 0.717) is 16.3 Å². The van der Waals surface area contributed by atoms with E-state index in [2.05, 4.69) is 0 Å². The quantitative estimate of drug-likeness (QED) is 0.743. The lowest BCUT2D eigenvalue weighted by molar-refractivity contribution is -0.138. The third-order valence-corrected chi connectivity index (χ3v) is 6.06. The van der Waals surface area contributed by atoms with Crippen molar-refractivity contribution in [1.29, 1.82) is 0 Å². The second-order valence-electron chi connectivity index (χ2n) is 5.92. The maximum absolute atomic E-state index is 13.2. The third-order valence-electron chi connectivity index (χ3n) is 4.05. The van der Waals surface area contributed by atoms with Crippen LogP contribution in [0.25, 0.3) is 6.08 Å². The second kappa shape index (κ2) is 7.13. The van der Waals surface area contributed by atoms with E-state index >= 15 is 0 Å². The zero-order valence-electron chi connectivity index (χ0n) is 14.4. The van der Waals surface area contributed by atoms with Crippen molar-refractivity contribution in [1.82, 2.24) is 0 Å². The van der Waals surface area contributed by atoms with Crippen LogP contribution in [0, 0.1) is 6.92 Å². The highest BCUT2D eigenvalue weighted by Gasteiger charge is 2.32. The van der Waals surface area contributed by atoms with Crippen molar-refractivity contribution in [3.8, 4) is 0 Å². The highest BCUT2D eigenvalue weighted by atomic mass is 35.5. The number of carbonyl (C=O) groups is 1. The molecule has 0 fully saturated rings. The van der Waals surface area contributed by atoms with Gasteiger partial charge in [-0.3, -0.25) is 4.31 Å². The number of aryl methyl sites for hydroxylation is 1. The van der Waals surface area contributed by atoms with Crippen LogP contribution < -0.4 is 4.31 Å². The van der Waals surface area contributed by atoms with Gasteiger partial charge in [0.1, 0.15) is 0 Å². The number of anilines is 1. The van der Waals surface area contributed by atoms with Crippen molar-refractivity contribution >= 4 is 39.4 Å². The number of hydrogen-bond acceptors (Lipinski definition) is 4. The predicted molar refractivity (Wildman–Crippen MR) is 102 cm³/mol. The fourth-order valence-electron chi connectivity index (χ4n) is 2.74. The lowest BCUT2D eigenvalue weighted by Gasteiger charge is -2.30. The van der Waals surface area contributed by atoms with E-state index in [4.69, 9.17) is 16.3 Å². The molecular formula is C19H18ClNO4S. The van der Waals surface area contributed by atoms with Gasteiger partial charge >= 0.3 is 5.97 Å². The molecule has 26 heavy (non-hydrogen) atoms. The van der Waals surface area contributed by atoms with E-state index in [-0.39, 0.29) is 23.6 Å². The highest BCUT2D eigenvalue weighted by Crippen LogP contribution is 2.35. The third kappa shape index (κ3) is 3.48.